The average Bonchev–Trinajstić information content (AvgIpc) is 2.88. The number of hydrogen-bond acceptors (Lipinski definition) is 5. The lowest BCUT2D eigenvalue weighted by atomic mass is 10.3. The van der Waals surface area contributed by atoms with Crippen LogP contribution in [-0.2, 0) is 4.79 Å². The van der Waals surface area contributed by atoms with Crippen LogP contribution >= 0.6 is 11.3 Å². The summed E-state index contributed by atoms with van der Waals surface area (Å²) in [5.74, 6) is 0.367. The number of amides is 2. The number of nitrogens with two attached hydrogens (primary N) is 1. The number of carbonyl (C=O) groups excluding carboxylic acids is 2. The van der Waals surface area contributed by atoms with Crippen molar-refractivity contribution in [2.24, 2.45) is 5.73 Å². The molecule has 0 unspecified atom stereocenters. The zero-order valence-corrected chi connectivity index (χ0v) is 13.7. The molecule has 6 nitrogen and oxygen atoms in total. The van der Waals surface area contributed by atoms with Crippen molar-refractivity contribution in [1.29, 1.82) is 0 Å². The molecule has 7 heteroatoms. The minimum absolute atomic E-state index is 0.164. The molecule has 122 valence electrons. The Kier molecular flexibility index (Phi) is 5.59. The molecule has 0 aliphatic rings. The van der Waals surface area contributed by atoms with E-state index in [4.69, 9.17) is 15.2 Å². The number of aryl methyl sites for hydroxylation is 1. The molecular formula is C16H18N2O4S. The quantitative estimate of drug-likeness (QED) is 0.814. The normalized spacial score (nSPS) is 10.2. The van der Waals surface area contributed by atoms with Crippen molar-refractivity contribution in [2.45, 2.75) is 13.8 Å². The Hall–Kier alpha value is -2.54. The van der Waals surface area contributed by atoms with E-state index >= 15 is 0 Å². The zero-order chi connectivity index (χ0) is 16.8. The second-order valence-electron chi connectivity index (χ2n) is 4.71. The van der Waals surface area contributed by atoms with Crippen molar-refractivity contribution in [3.05, 3.63) is 40.8 Å². The Balaban J connectivity index is 1.91. The third kappa shape index (κ3) is 4.72. The van der Waals surface area contributed by atoms with Gasteiger partial charge in [-0.2, -0.15) is 0 Å². The van der Waals surface area contributed by atoms with Gasteiger partial charge in [-0.25, -0.2) is 0 Å². The summed E-state index contributed by atoms with van der Waals surface area (Å²) in [4.78, 5) is 24.1. The summed E-state index contributed by atoms with van der Waals surface area (Å²) in [6, 6.07) is 8.63. The summed E-state index contributed by atoms with van der Waals surface area (Å²) < 4.78 is 10.7. The number of benzene rings is 1. The summed E-state index contributed by atoms with van der Waals surface area (Å²) >= 11 is 1.30. The van der Waals surface area contributed by atoms with Gasteiger partial charge in [0.15, 0.2) is 6.61 Å². The average molecular weight is 334 g/mol. The van der Waals surface area contributed by atoms with Crippen molar-refractivity contribution < 1.29 is 19.1 Å². The van der Waals surface area contributed by atoms with E-state index < -0.39 is 5.91 Å². The number of rotatable bonds is 7. The number of nitrogens with one attached hydrogen (secondary N) is 1. The third-order valence-corrected chi connectivity index (χ3v) is 3.84. The topological polar surface area (TPSA) is 90.7 Å². The molecule has 2 rings (SSSR count). The van der Waals surface area contributed by atoms with Gasteiger partial charge in [0.2, 0.25) is 0 Å². The van der Waals surface area contributed by atoms with Crippen LogP contribution in [0.1, 0.15) is 22.2 Å². The van der Waals surface area contributed by atoms with Crippen LogP contribution in [0, 0.1) is 6.92 Å². The second kappa shape index (κ2) is 7.64. The van der Waals surface area contributed by atoms with Crippen molar-refractivity contribution in [3.8, 4) is 11.5 Å². The predicted molar refractivity (Wildman–Crippen MR) is 89.3 cm³/mol. The molecule has 23 heavy (non-hydrogen) atoms. The smallest absolute Gasteiger partial charge is 0.262 e. The Morgan fingerprint density at radius 3 is 2.35 bits per heavy atom. The van der Waals surface area contributed by atoms with E-state index in [2.05, 4.69) is 5.32 Å². The summed E-state index contributed by atoms with van der Waals surface area (Å²) in [5, 5.41) is 3.08. The molecule has 0 atom stereocenters. The first-order valence-electron chi connectivity index (χ1n) is 7.05. The van der Waals surface area contributed by atoms with Crippen LogP contribution in [0.5, 0.6) is 11.5 Å². The summed E-state index contributed by atoms with van der Waals surface area (Å²) in [7, 11) is 0. The lowest BCUT2D eigenvalue weighted by Gasteiger charge is -2.08. The molecule has 0 fully saturated rings. The Morgan fingerprint density at radius 1 is 1.17 bits per heavy atom. The van der Waals surface area contributed by atoms with E-state index in [0.717, 1.165) is 10.6 Å². The molecule has 2 aromatic rings. The first kappa shape index (κ1) is 16.8. The molecule has 1 heterocycles. The van der Waals surface area contributed by atoms with Gasteiger partial charge < -0.3 is 20.5 Å². The van der Waals surface area contributed by atoms with Gasteiger partial charge in [-0.05, 0) is 44.2 Å². The first-order valence-corrected chi connectivity index (χ1v) is 7.87. The largest absolute Gasteiger partial charge is 0.494 e. The fourth-order valence-corrected chi connectivity index (χ4v) is 2.83. The van der Waals surface area contributed by atoms with Crippen LogP contribution in [0.25, 0.3) is 0 Å². The highest BCUT2D eigenvalue weighted by Crippen LogP contribution is 2.27. The standard InChI is InChI=1S/C16H18N2O4S/c1-3-21-11-4-6-12(7-5-11)22-9-14(19)18-16-13(15(17)20)8-10(2)23-16/h4-8H,3,9H2,1-2H3,(H2,17,20)(H,18,19). The molecule has 1 aromatic carbocycles. The second-order valence-corrected chi connectivity index (χ2v) is 5.96. The highest BCUT2D eigenvalue weighted by Gasteiger charge is 2.14. The van der Waals surface area contributed by atoms with Gasteiger partial charge in [0.25, 0.3) is 11.8 Å². The first-order chi connectivity index (χ1) is 11.0. The van der Waals surface area contributed by atoms with Gasteiger partial charge in [0.05, 0.1) is 12.2 Å². The molecule has 0 bridgehead atoms. The Labute approximate surface area is 138 Å². The van der Waals surface area contributed by atoms with E-state index in [-0.39, 0.29) is 12.5 Å². The van der Waals surface area contributed by atoms with Crippen molar-refractivity contribution >= 4 is 28.2 Å². The highest BCUT2D eigenvalue weighted by molar-refractivity contribution is 7.16. The molecule has 0 saturated heterocycles. The molecule has 0 aliphatic carbocycles. The number of carbonyl (C=O) groups is 2. The molecular weight excluding hydrogens is 316 g/mol. The van der Waals surface area contributed by atoms with Crippen LogP contribution in [-0.4, -0.2) is 25.0 Å². The van der Waals surface area contributed by atoms with Crippen molar-refractivity contribution in [2.75, 3.05) is 18.5 Å². The lowest BCUT2D eigenvalue weighted by Crippen LogP contribution is -2.21. The number of ether oxygens (including phenoxy) is 2. The van der Waals surface area contributed by atoms with Crippen LogP contribution in [0.4, 0.5) is 5.00 Å². The minimum atomic E-state index is -0.572. The van der Waals surface area contributed by atoms with Crippen LogP contribution < -0.4 is 20.5 Å². The molecule has 0 saturated carbocycles. The molecule has 2 amide bonds. The SMILES string of the molecule is CCOc1ccc(OCC(=O)Nc2sc(C)cc2C(N)=O)cc1. The fraction of sp³-hybridized carbons (Fsp3) is 0.250. The van der Waals surface area contributed by atoms with Gasteiger partial charge in [-0.1, -0.05) is 0 Å². The van der Waals surface area contributed by atoms with Crippen molar-refractivity contribution in [3.63, 3.8) is 0 Å². The fourth-order valence-electron chi connectivity index (χ4n) is 1.90. The monoisotopic (exact) mass is 334 g/mol. The predicted octanol–water partition coefficient (Wildman–Crippen LogP) is 2.57. The van der Waals surface area contributed by atoms with Gasteiger partial charge in [-0.3, -0.25) is 9.59 Å². The summed E-state index contributed by atoms with van der Waals surface area (Å²) in [5.41, 5.74) is 5.59. The molecule has 0 aliphatic heterocycles. The van der Waals surface area contributed by atoms with Crippen LogP contribution in [0.15, 0.2) is 30.3 Å². The number of anilines is 1. The maximum Gasteiger partial charge on any atom is 0.262 e. The molecule has 0 spiro atoms. The van der Waals surface area contributed by atoms with Crippen LogP contribution in [0.3, 0.4) is 0 Å². The van der Waals surface area contributed by atoms with Crippen molar-refractivity contribution in [1.82, 2.24) is 0 Å². The number of thiophene rings is 1. The zero-order valence-electron chi connectivity index (χ0n) is 12.9. The molecule has 3 N–H and O–H groups in total. The molecule has 0 radical (unpaired) electrons. The number of hydrogen-bond donors (Lipinski definition) is 2. The van der Waals surface area contributed by atoms with Gasteiger partial charge in [0.1, 0.15) is 16.5 Å². The third-order valence-electron chi connectivity index (χ3n) is 2.88. The molecule has 1 aromatic heterocycles. The van der Waals surface area contributed by atoms with Gasteiger partial charge >= 0.3 is 0 Å². The van der Waals surface area contributed by atoms with Gasteiger partial charge in [-0.15, -0.1) is 11.3 Å². The maximum atomic E-state index is 11.9. The lowest BCUT2D eigenvalue weighted by molar-refractivity contribution is -0.118. The Bertz CT molecular complexity index is 695. The highest BCUT2D eigenvalue weighted by atomic mass is 32.1. The van der Waals surface area contributed by atoms with E-state index in [1.165, 1.54) is 11.3 Å². The Morgan fingerprint density at radius 2 is 1.78 bits per heavy atom. The summed E-state index contributed by atoms with van der Waals surface area (Å²) in [6.45, 7) is 4.17. The summed E-state index contributed by atoms with van der Waals surface area (Å²) in [6.07, 6.45) is 0. The van der Waals surface area contributed by atoms with E-state index in [9.17, 15) is 9.59 Å². The number of primary amides is 1. The van der Waals surface area contributed by atoms with E-state index in [0.29, 0.717) is 22.9 Å². The van der Waals surface area contributed by atoms with Gasteiger partial charge in [0, 0.05) is 4.88 Å². The van der Waals surface area contributed by atoms with E-state index in [1.54, 1.807) is 30.3 Å². The van der Waals surface area contributed by atoms with E-state index in [1.807, 2.05) is 13.8 Å². The van der Waals surface area contributed by atoms with Crippen LogP contribution in [0.2, 0.25) is 0 Å². The minimum Gasteiger partial charge on any atom is -0.494 e. The maximum absolute atomic E-state index is 11.9.